The first-order chi connectivity index (χ1) is 7.02. The van der Waals surface area contributed by atoms with Gasteiger partial charge in [-0.15, -0.1) is 0 Å². The number of carboxylic acids is 1. The van der Waals surface area contributed by atoms with Gasteiger partial charge in [0, 0.05) is 6.20 Å². The van der Waals surface area contributed by atoms with E-state index in [0.29, 0.717) is 5.01 Å². The highest BCUT2D eigenvalue weighted by molar-refractivity contribution is 5.95. The summed E-state index contributed by atoms with van der Waals surface area (Å²) in [5, 5.41) is 18.1. The van der Waals surface area contributed by atoms with Gasteiger partial charge in [-0.25, -0.2) is 10.8 Å². The summed E-state index contributed by atoms with van der Waals surface area (Å²) >= 11 is 0. The quantitative estimate of drug-likeness (QED) is 0.342. The summed E-state index contributed by atoms with van der Waals surface area (Å²) in [4.78, 5) is 25.3. The minimum atomic E-state index is -1.25. The molecular formula is C8H9N3O4. The summed E-state index contributed by atoms with van der Waals surface area (Å²) in [6.45, 7) is -0.658. The van der Waals surface area contributed by atoms with Crippen LogP contribution in [0.5, 0.6) is 5.75 Å². The monoisotopic (exact) mass is 211 g/mol. The van der Waals surface area contributed by atoms with Crippen LogP contribution >= 0.6 is 0 Å². The number of rotatable bonds is 3. The SMILES string of the molecule is NN(CC(=O)O)C(=O)c1ncccc1O. The third kappa shape index (κ3) is 2.64. The Morgan fingerprint density at radius 2 is 2.20 bits per heavy atom. The number of carbonyl (C=O) groups is 2. The Morgan fingerprint density at radius 3 is 2.73 bits per heavy atom. The lowest BCUT2D eigenvalue weighted by Gasteiger charge is -2.13. The first-order valence-corrected chi connectivity index (χ1v) is 3.94. The maximum absolute atomic E-state index is 11.4. The van der Waals surface area contributed by atoms with Gasteiger partial charge in [-0.2, -0.15) is 0 Å². The molecule has 80 valence electrons. The zero-order valence-corrected chi connectivity index (χ0v) is 7.62. The first kappa shape index (κ1) is 10.9. The van der Waals surface area contributed by atoms with E-state index in [4.69, 9.17) is 10.9 Å². The third-order valence-electron chi connectivity index (χ3n) is 1.56. The molecule has 0 aliphatic carbocycles. The molecule has 7 heteroatoms. The number of hydrogen-bond acceptors (Lipinski definition) is 5. The molecule has 0 saturated carbocycles. The van der Waals surface area contributed by atoms with E-state index in [1.807, 2.05) is 0 Å². The molecule has 0 aliphatic heterocycles. The Balaban J connectivity index is 2.85. The largest absolute Gasteiger partial charge is 0.505 e. The van der Waals surface area contributed by atoms with Gasteiger partial charge in [0.05, 0.1) is 0 Å². The number of aromatic nitrogens is 1. The van der Waals surface area contributed by atoms with Crippen molar-refractivity contribution in [3.63, 3.8) is 0 Å². The highest BCUT2D eigenvalue weighted by atomic mass is 16.4. The number of carboxylic acid groups (broad SMARTS) is 1. The number of nitrogens with two attached hydrogens (primary N) is 1. The van der Waals surface area contributed by atoms with Crippen molar-refractivity contribution >= 4 is 11.9 Å². The van der Waals surface area contributed by atoms with Crippen LogP contribution in [0.15, 0.2) is 18.3 Å². The Labute approximate surface area is 84.7 Å². The number of hydrazine groups is 1. The molecule has 0 radical (unpaired) electrons. The predicted octanol–water partition coefficient (Wildman–Crippen LogP) is -0.812. The van der Waals surface area contributed by atoms with E-state index in [1.54, 1.807) is 0 Å². The number of carbonyl (C=O) groups excluding carboxylic acids is 1. The van der Waals surface area contributed by atoms with Crippen molar-refractivity contribution in [3.8, 4) is 5.75 Å². The van der Waals surface area contributed by atoms with Crippen molar-refractivity contribution in [1.29, 1.82) is 0 Å². The zero-order chi connectivity index (χ0) is 11.4. The molecule has 4 N–H and O–H groups in total. The number of pyridine rings is 1. The minimum absolute atomic E-state index is 0.277. The molecule has 1 amide bonds. The summed E-state index contributed by atoms with van der Waals surface area (Å²) in [5.41, 5.74) is -0.277. The molecule has 0 bridgehead atoms. The molecule has 0 atom stereocenters. The highest BCUT2D eigenvalue weighted by Gasteiger charge is 2.19. The van der Waals surface area contributed by atoms with Gasteiger partial charge in [-0.3, -0.25) is 14.6 Å². The van der Waals surface area contributed by atoms with E-state index in [1.165, 1.54) is 18.3 Å². The molecule has 15 heavy (non-hydrogen) atoms. The molecule has 1 aromatic heterocycles. The summed E-state index contributed by atoms with van der Waals surface area (Å²) in [5.74, 6) is 2.73. The van der Waals surface area contributed by atoms with Crippen molar-refractivity contribution in [2.75, 3.05) is 6.54 Å². The van der Waals surface area contributed by atoms with Crippen molar-refractivity contribution in [1.82, 2.24) is 9.99 Å². The topological polar surface area (TPSA) is 117 Å². The number of hydrogen-bond donors (Lipinski definition) is 3. The molecule has 0 fully saturated rings. The summed E-state index contributed by atoms with van der Waals surface area (Å²) in [7, 11) is 0. The van der Waals surface area contributed by atoms with Crippen LogP contribution in [-0.4, -0.2) is 38.6 Å². The van der Waals surface area contributed by atoms with Crippen molar-refractivity contribution in [3.05, 3.63) is 24.0 Å². The molecule has 0 spiro atoms. The number of aromatic hydroxyl groups is 1. The normalized spacial score (nSPS) is 9.67. The van der Waals surface area contributed by atoms with Crippen molar-refractivity contribution in [2.24, 2.45) is 5.84 Å². The highest BCUT2D eigenvalue weighted by Crippen LogP contribution is 2.13. The Hall–Kier alpha value is -2.15. The number of amides is 1. The number of aliphatic carboxylic acids is 1. The standard InChI is InChI=1S/C8H9N3O4/c9-11(4-6(13)14)8(15)7-5(12)2-1-3-10-7/h1-3,12H,4,9H2,(H,13,14). The maximum atomic E-state index is 11.4. The molecule has 0 unspecified atom stereocenters. The predicted molar refractivity (Wildman–Crippen MR) is 48.8 cm³/mol. The van der Waals surface area contributed by atoms with E-state index in [9.17, 15) is 14.7 Å². The molecule has 0 aromatic carbocycles. The first-order valence-electron chi connectivity index (χ1n) is 3.94. The fourth-order valence-electron chi connectivity index (χ4n) is 0.915. The molecule has 1 rings (SSSR count). The van der Waals surface area contributed by atoms with E-state index >= 15 is 0 Å². The fourth-order valence-corrected chi connectivity index (χ4v) is 0.915. The van der Waals surface area contributed by atoms with Crippen molar-refractivity contribution < 1.29 is 19.8 Å². The Kier molecular flexibility index (Phi) is 3.19. The van der Waals surface area contributed by atoms with Gasteiger partial charge in [0.1, 0.15) is 12.3 Å². The molecule has 1 aromatic rings. The van der Waals surface area contributed by atoms with E-state index in [0.717, 1.165) is 0 Å². The Morgan fingerprint density at radius 1 is 1.53 bits per heavy atom. The van der Waals surface area contributed by atoms with E-state index in [-0.39, 0.29) is 11.4 Å². The van der Waals surface area contributed by atoms with Crippen LogP contribution in [-0.2, 0) is 4.79 Å². The molecule has 7 nitrogen and oxygen atoms in total. The average molecular weight is 211 g/mol. The molecular weight excluding hydrogens is 202 g/mol. The second kappa shape index (κ2) is 4.38. The maximum Gasteiger partial charge on any atom is 0.324 e. The van der Waals surface area contributed by atoms with Gasteiger partial charge in [0.25, 0.3) is 5.91 Å². The van der Waals surface area contributed by atoms with Gasteiger partial charge >= 0.3 is 5.97 Å². The second-order valence-corrected chi connectivity index (χ2v) is 2.70. The van der Waals surface area contributed by atoms with Gasteiger partial charge in [0.2, 0.25) is 0 Å². The molecule has 0 saturated heterocycles. The Bertz CT molecular complexity index is 393. The van der Waals surface area contributed by atoms with Crippen LogP contribution in [0.4, 0.5) is 0 Å². The average Bonchev–Trinajstić information content (AvgIpc) is 2.16. The van der Waals surface area contributed by atoms with E-state index < -0.39 is 18.4 Å². The lowest BCUT2D eigenvalue weighted by atomic mass is 10.3. The summed E-state index contributed by atoms with van der Waals surface area (Å²) in [6, 6.07) is 2.69. The third-order valence-corrected chi connectivity index (χ3v) is 1.56. The van der Waals surface area contributed by atoms with Crippen LogP contribution < -0.4 is 5.84 Å². The van der Waals surface area contributed by atoms with Crippen LogP contribution in [0, 0.1) is 0 Å². The van der Waals surface area contributed by atoms with Crippen LogP contribution in [0.3, 0.4) is 0 Å². The smallest absolute Gasteiger partial charge is 0.324 e. The van der Waals surface area contributed by atoms with Gasteiger partial charge in [-0.05, 0) is 12.1 Å². The summed E-state index contributed by atoms with van der Waals surface area (Å²) < 4.78 is 0. The summed E-state index contributed by atoms with van der Waals surface area (Å²) in [6.07, 6.45) is 1.29. The van der Waals surface area contributed by atoms with Crippen LogP contribution in [0.25, 0.3) is 0 Å². The van der Waals surface area contributed by atoms with Crippen molar-refractivity contribution in [2.45, 2.75) is 0 Å². The van der Waals surface area contributed by atoms with Crippen LogP contribution in [0.2, 0.25) is 0 Å². The second-order valence-electron chi connectivity index (χ2n) is 2.70. The lowest BCUT2D eigenvalue weighted by Crippen LogP contribution is -2.41. The fraction of sp³-hybridized carbons (Fsp3) is 0.125. The van der Waals surface area contributed by atoms with Gasteiger partial charge in [0.15, 0.2) is 5.69 Å². The zero-order valence-electron chi connectivity index (χ0n) is 7.62. The minimum Gasteiger partial charge on any atom is -0.505 e. The van der Waals surface area contributed by atoms with E-state index in [2.05, 4.69) is 4.98 Å². The van der Waals surface area contributed by atoms with Gasteiger partial charge in [-0.1, -0.05) is 0 Å². The molecule has 1 heterocycles. The van der Waals surface area contributed by atoms with Crippen LogP contribution in [0.1, 0.15) is 10.5 Å². The number of nitrogens with zero attached hydrogens (tertiary/aromatic N) is 2. The lowest BCUT2D eigenvalue weighted by molar-refractivity contribution is -0.137. The molecule has 0 aliphatic rings. The van der Waals surface area contributed by atoms with Gasteiger partial charge < -0.3 is 10.2 Å².